The number of esters is 1. The standard InChI is InChI=1S/C18H23NO4S2/c1-12-8-9-13(17(20)23-5)11-15(12)25(21,22)19-16(18(2,3)4)14-7-6-10-24-14/h6-11,16,19H,1-5H3. The van der Waals surface area contributed by atoms with Gasteiger partial charge in [0.2, 0.25) is 10.0 Å². The van der Waals surface area contributed by atoms with E-state index in [0.29, 0.717) is 5.56 Å². The van der Waals surface area contributed by atoms with Crippen molar-refractivity contribution in [2.24, 2.45) is 5.41 Å². The minimum Gasteiger partial charge on any atom is -0.465 e. The summed E-state index contributed by atoms with van der Waals surface area (Å²) in [7, 11) is -2.55. The summed E-state index contributed by atoms with van der Waals surface area (Å²) in [4.78, 5) is 12.8. The van der Waals surface area contributed by atoms with Crippen molar-refractivity contribution in [3.05, 3.63) is 51.7 Å². The third-order valence-corrected chi connectivity index (χ3v) is 6.37. The molecule has 0 fully saturated rings. The minimum absolute atomic E-state index is 0.0845. The number of hydrogen-bond acceptors (Lipinski definition) is 5. The fourth-order valence-corrected chi connectivity index (χ4v) is 5.26. The van der Waals surface area contributed by atoms with Gasteiger partial charge in [0.15, 0.2) is 0 Å². The number of hydrogen-bond donors (Lipinski definition) is 1. The van der Waals surface area contributed by atoms with Crippen molar-refractivity contribution < 1.29 is 17.9 Å². The normalized spacial score (nSPS) is 13.5. The molecule has 1 heterocycles. The Balaban J connectivity index is 2.46. The van der Waals surface area contributed by atoms with Crippen LogP contribution in [0.1, 0.15) is 47.6 Å². The number of carbonyl (C=O) groups is 1. The van der Waals surface area contributed by atoms with E-state index in [1.165, 1.54) is 24.5 Å². The smallest absolute Gasteiger partial charge is 0.337 e. The van der Waals surface area contributed by atoms with Gasteiger partial charge in [0.1, 0.15) is 0 Å². The molecule has 7 heteroatoms. The molecule has 0 radical (unpaired) electrons. The number of methoxy groups -OCH3 is 1. The molecule has 1 N–H and O–H groups in total. The van der Waals surface area contributed by atoms with Crippen molar-refractivity contribution in [3.63, 3.8) is 0 Å². The Morgan fingerprint density at radius 2 is 1.92 bits per heavy atom. The molecule has 0 aliphatic heterocycles. The Morgan fingerprint density at radius 1 is 1.24 bits per heavy atom. The largest absolute Gasteiger partial charge is 0.465 e. The van der Waals surface area contributed by atoms with E-state index < -0.39 is 16.0 Å². The second-order valence-electron chi connectivity index (χ2n) is 6.91. The summed E-state index contributed by atoms with van der Waals surface area (Å²) in [6.07, 6.45) is 0. The lowest BCUT2D eigenvalue weighted by Gasteiger charge is -2.30. The summed E-state index contributed by atoms with van der Waals surface area (Å²) >= 11 is 1.51. The van der Waals surface area contributed by atoms with Gasteiger partial charge in [0.25, 0.3) is 0 Å². The van der Waals surface area contributed by atoms with Gasteiger partial charge in [0.05, 0.1) is 23.6 Å². The average molecular weight is 382 g/mol. The molecule has 0 bridgehead atoms. The van der Waals surface area contributed by atoms with Crippen molar-refractivity contribution in [3.8, 4) is 0 Å². The Labute approximate surface area is 153 Å². The highest BCUT2D eigenvalue weighted by atomic mass is 32.2. The lowest BCUT2D eigenvalue weighted by Crippen LogP contribution is -2.36. The Bertz CT molecular complexity index is 850. The molecule has 0 amide bonds. The molecule has 136 valence electrons. The van der Waals surface area contributed by atoms with Crippen LogP contribution in [0.4, 0.5) is 0 Å². The third-order valence-electron chi connectivity index (χ3n) is 3.87. The second kappa shape index (κ2) is 7.27. The number of sulfonamides is 1. The number of carbonyl (C=O) groups excluding carboxylic acids is 1. The van der Waals surface area contributed by atoms with Crippen molar-refractivity contribution >= 4 is 27.3 Å². The zero-order valence-corrected chi connectivity index (χ0v) is 16.6. The van der Waals surface area contributed by atoms with Crippen LogP contribution in [0.2, 0.25) is 0 Å². The van der Waals surface area contributed by atoms with Crippen LogP contribution in [0.25, 0.3) is 0 Å². The number of ether oxygens (including phenoxy) is 1. The molecule has 1 atom stereocenters. The van der Waals surface area contributed by atoms with Crippen molar-refractivity contribution in [1.82, 2.24) is 4.72 Å². The SMILES string of the molecule is COC(=O)c1ccc(C)c(S(=O)(=O)NC(c2cccs2)C(C)(C)C)c1. The fraction of sp³-hybridized carbons (Fsp3) is 0.389. The van der Waals surface area contributed by atoms with Crippen LogP contribution in [0, 0.1) is 12.3 Å². The number of thiophene rings is 1. The molecule has 2 aromatic rings. The van der Waals surface area contributed by atoms with Crippen LogP contribution in [0.3, 0.4) is 0 Å². The number of aryl methyl sites for hydroxylation is 1. The van der Waals surface area contributed by atoms with Crippen molar-refractivity contribution in [2.45, 2.75) is 38.6 Å². The van der Waals surface area contributed by atoms with Gasteiger partial charge in [-0.15, -0.1) is 11.3 Å². The summed E-state index contributed by atoms with van der Waals surface area (Å²) in [6.45, 7) is 7.65. The number of rotatable bonds is 5. The van der Waals surface area contributed by atoms with Gasteiger partial charge in [-0.1, -0.05) is 32.9 Å². The molecule has 1 aromatic heterocycles. The summed E-state index contributed by atoms with van der Waals surface area (Å²) in [6, 6.07) is 7.96. The Morgan fingerprint density at radius 3 is 2.44 bits per heavy atom. The molecule has 5 nitrogen and oxygen atoms in total. The number of benzene rings is 1. The monoisotopic (exact) mass is 381 g/mol. The first kappa shape index (κ1) is 19.6. The fourth-order valence-electron chi connectivity index (χ4n) is 2.47. The van der Waals surface area contributed by atoms with E-state index in [-0.39, 0.29) is 21.9 Å². The van der Waals surface area contributed by atoms with E-state index >= 15 is 0 Å². The minimum atomic E-state index is -3.81. The molecule has 0 saturated carbocycles. The lowest BCUT2D eigenvalue weighted by atomic mass is 9.86. The van der Waals surface area contributed by atoms with Gasteiger partial charge < -0.3 is 4.74 Å². The highest BCUT2D eigenvalue weighted by Crippen LogP contribution is 2.36. The first-order valence-corrected chi connectivity index (χ1v) is 10.2. The van der Waals surface area contributed by atoms with E-state index in [1.807, 2.05) is 38.3 Å². The molecule has 0 aliphatic carbocycles. The Kier molecular flexibility index (Phi) is 5.71. The van der Waals surface area contributed by atoms with Crippen LogP contribution in [0.15, 0.2) is 40.6 Å². The molecule has 1 aromatic carbocycles. The van der Waals surface area contributed by atoms with Crippen LogP contribution in [0.5, 0.6) is 0 Å². The predicted octanol–water partition coefficient (Wildman–Crippen LogP) is 3.91. The molecule has 25 heavy (non-hydrogen) atoms. The van der Waals surface area contributed by atoms with Crippen LogP contribution >= 0.6 is 11.3 Å². The molecule has 1 unspecified atom stereocenters. The third kappa shape index (κ3) is 4.48. The molecule has 0 saturated heterocycles. The quantitative estimate of drug-likeness (QED) is 0.797. The van der Waals surface area contributed by atoms with E-state index in [1.54, 1.807) is 19.1 Å². The molecule has 2 rings (SSSR count). The zero-order chi connectivity index (χ0) is 18.8. The summed E-state index contributed by atoms with van der Waals surface area (Å²) < 4.78 is 33.5. The maximum absolute atomic E-state index is 13.0. The summed E-state index contributed by atoms with van der Waals surface area (Å²) in [5, 5.41) is 1.92. The zero-order valence-electron chi connectivity index (χ0n) is 15.0. The highest BCUT2D eigenvalue weighted by molar-refractivity contribution is 7.89. The molecule has 0 aliphatic rings. The van der Waals surface area contributed by atoms with E-state index in [9.17, 15) is 13.2 Å². The number of nitrogens with one attached hydrogen (secondary N) is 1. The van der Waals surface area contributed by atoms with Crippen LogP contribution in [-0.2, 0) is 14.8 Å². The Hall–Kier alpha value is -1.70. The van der Waals surface area contributed by atoms with Crippen LogP contribution < -0.4 is 4.72 Å². The van der Waals surface area contributed by atoms with Crippen molar-refractivity contribution in [1.29, 1.82) is 0 Å². The maximum atomic E-state index is 13.0. The maximum Gasteiger partial charge on any atom is 0.337 e. The van der Waals surface area contributed by atoms with Crippen LogP contribution in [-0.4, -0.2) is 21.5 Å². The predicted molar refractivity (Wildman–Crippen MR) is 99.4 cm³/mol. The van der Waals surface area contributed by atoms with Gasteiger partial charge in [0, 0.05) is 4.88 Å². The van der Waals surface area contributed by atoms with Gasteiger partial charge in [-0.25, -0.2) is 17.9 Å². The topological polar surface area (TPSA) is 72.5 Å². The highest BCUT2D eigenvalue weighted by Gasteiger charge is 2.32. The average Bonchev–Trinajstić information content (AvgIpc) is 3.05. The molecular weight excluding hydrogens is 358 g/mol. The van der Waals surface area contributed by atoms with Gasteiger partial charge in [-0.2, -0.15) is 0 Å². The van der Waals surface area contributed by atoms with E-state index in [0.717, 1.165) is 4.88 Å². The second-order valence-corrected chi connectivity index (χ2v) is 9.57. The summed E-state index contributed by atoms with van der Waals surface area (Å²) in [5.41, 5.74) is 0.460. The van der Waals surface area contributed by atoms with E-state index in [4.69, 9.17) is 0 Å². The van der Waals surface area contributed by atoms with Gasteiger partial charge >= 0.3 is 5.97 Å². The molecule has 0 spiro atoms. The first-order chi connectivity index (χ1) is 11.6. The van der Waals surface area contributed by atoms with Gasteiger partial charge in [-0.3, -0.25) is 0 Å². The first-order valence-electron chi connectivity index (χ1n) is 7.81. The van der Waals surface area contributed by atoms with Gasteiger partial charge in [-0.05, 0) is 41.5 Å². The van der Waals surface area contributed by atoms with E-state index in [2.05, 4.69) is 9.46 Å². The van der Waals surface area contributed by atoms with Crippen molar-refractivity contribution in [2.75, 3.05) is 7.11 Å². The lowest BCUT2D eigenvalue weighted by molar-refractivity contribution is 0.0600. The molecular formula is C18H23NO4S2. The summed E-state index contributed by atoms with van der Waals surface area (Å²) in [5.74, 6) is -0.568.